The first-order valence-corrected chi connectivity index (χ1v) is 7.72. The van der Waals surface area contributed by atoms with Crippen molar-refractivity contribution in [3.8, 4) is 6.07 Å². The molecule has 0 saturated heterocycles. The first-order valence-electron chi connectivity index (χ1n) is 6.93. The normalized spacial score (nSPS) is 23.8. The van der Waals surface area contributed by atoms with E-state index in [0.717, 1.165) is 21.8 Å². The van der Waals surface area contributed by atoms with Gasteiger partial charge in [-0.3, -0.25) is 0 Å². The van der Waals surface area contributed by atoms with Gasteiger partial charge < -0.3 is 9.30 Å². The van der Waals surface area contributed by atoms with Crippen molar-refractivity contribution in [3.63, 3.8) is 0 Å². The predicted octanol–water partition coefficient (Wildman–Crippen LogP) is 3.84. The summed E-state index contributed by atoms with van der Waals surface area (Å²) >= 11 is 3.44. The summed E-state index contributed by atoms with van der Waals surface area (Å²) in [5.41, 5.74) is 0.723. The lowest BCUT2D eigenvalue weighted by Gasteiger charge is -2.16. The van der Waals surface area contributed by atoms with Crippen LogP contribution in [-0.4, -0.2) is 17.1 Å². The molecule has 1 heterocycles. The number of hydrogen-bond donors (Lipinski definition) is 0. The van der Waals surface area contributed by atoms with Gasteiger partial charge in [-0.15, -0.1) is 0 Å². The monoisotopic (exact) mass is 346 g/mol. The van der Waals surface area contributed by atoms with Crippen molar-refractivity contribution < 1.29 is 9.53 Å². The minimum Gasteiger partial charge on any atom is -0.461 e. The van der Waals surface area contributed by atoms with Crippen LogP contribution >= 0.6 is 15.9 Å². The van der Waals surface area contributed by atoms with Crippen molar-refractivity contribution >= 4 is 32.8 Å². The van der Waals surface area contributed by atoms with Gasteiger partial charge in [-0.05, 0) is 43.5 Å². The van der Waals surface area contributed by atoms with E-state index in [1.165, 1.54) is 0 Å². The maximum absolute atomic E-state index is 12.3. The van der Waals surface area contributed by atoms with Crippen LogP contribution < -0.4 is 0 Å². The second-order valence-electron chi connectivity index (χ2n) is 5.43. The molecule has 1 aliphatic carbocycles. The zero-order chi connectivity index (χ0) is 15.2. The lowest BCUT2D eigenvalue weighted by atomic mass is 10.2. The molecule has 21 heavy (non-hydrogen) atoms. The standard InChI is InChI=1S/C16H15BrN2O2/c1-3-21-15(20)14-7-11-6-12(17)4-5-13(11)19(14)16(9-18)8-10(16)2/h4-7,10H,3,8H2,1-2H3/t10-,16+/m0/s1. The van der Waals surface area contributed by atoms with Crippen LogP contribution in [0.3, 0.4) is 0 Å². The fourth-order valence-electron chi connectivity index (χ4n) is 2.90. The van der Waals surface area contributed by atoms with Crippen molar-refractivity contribution in [2.75, 3.05) is 6.61 Å². The van der Waals surface area contributed by atoms with Gasteiger partial charge in [-0.1, -0.05) is 22.9 Å². The van der Waals surface area contributed by atoms with E-state index in [1.54, 1.807) is 6.92 Å². The minimum absolute atomic E-state index is 0.231. The van der Waals surface area contributed by atoms with E-state index >= 15 is 0 Å². The molecule has 1 saturated carbocycles. The molecule has 1 aromatic heterocycles. The minimum atomic E-state index is -0.627. The van der Waals surface area contributed by atoms with E-state index in [4.69, 9.17) is 4.74 Å². The van der Waals surface area contributed by atoms with Gasteiger partial charge in [0.25, 0.3) is 0 Å². The maximum atomic E-state index is 12.3. The lowest BCUT2D eigenvalue weighted by molar-refractivity contribution is 0.0512. The van der Waals surface area contributed by atoms with E-state index in [2.05, 4.69) is 22.0 Å². The highest BCUT2D eigenvalue weighted by atomic mass is 79.9. The summed E-state index contributed by atoms with van der Waals surface area (Å²) in [7, 11) is 0. The van der Waals surface area contributed by atoms with Crippen molar-refractivity contribution in [1.29, 1.82) is 5.26 Å². The summed E-state index contributed by atoms with van der Waals surface area (Å²) in [6, 6.07) is 10.0. The Kier molecular flexibility index (Phi) is 3.29. The summed E-state index contributed by atoms with van der Waals surface area (Å²) in [4.78, 5) is 12.3. The number of fused-ring (bicyclic) bond motifs is 1. The summed E-state index contributed by atoms with van der Waals surface area (Å²) < 4.78 is 7.95. The Labute approximate surface area is 131 Å². The Morgan fingerprint density at radius 2 is 2.29 bits per heavy atom. The van der Waals surface area contributed by atoms with Gasteiger partial charge in [-0.25, -0.2) is 4.79 Å². The average Bonchev–Trinajstić information content (AvgIpc) is 2.96. The summed E-state index contributed by atoms with van der Waals surface area (Å²) in [5.74, 6) is -0.145. The van der Waals surface area contributed by atoms with Crippen LogP contribution in [0.5, 0.6) is 0 Å². The first kappa shape index (κ1) is 14.2. The molecule has 0 aliphatic heterocycles. The highest BCUT2D eigenvalue weighted by Gasteiger charge is 2.55. The SMILES string of the molecule is CCOC(=O)c1cc2cc(Br)ccc2n1[C@@]1(C#N)C[C@@H]1C. The molecule has 0 bridgehead atoms. The fourth-order valence-corrected chi connectivity index (χ4v) is 3.28. The largest absolute Gasteiger partial charge is 0.461 e. The molecule has 108 valence electrons. The Morgan fingerprint density at radius 1 is 1.57 bits per heavy atom. The number of rotatable bonds is 3. The third-order valence-electron chi connectivity index (χ3n) is 4.11. The van der Waals surface area contributed by atoms with Gasteiger partial charge in [0.15, 0.2) is 0 Å². The van der Waals surface area contributed by atoms with Gasteiger partial charge in [-0.2, -0.15) is 5.26 Å². The summed E-state index contributed by atoms with van der Waals surface area (Å²) in [6.45, 7) is 4.13. The summed E-state index contributed by atoms with van der Waals surface area (Å²) in [5, 5.41) is 10.5. The highest BCUT2D eigenvalue weighted by Crippen LogP contribution is 2.52. The number of esters is 1. The van der Waals surface area contributed by atoms with Crippen LogP contribution in [0.2, 0.25) is 0 Å². The molecule has 0 radical (unpaired) electrons. The average molecular weight is 347 g/mol. The fraction of sp³-hybridized carbons (Fsp3) is 0.375. The second kappa shape index (κ2) is 4.88. The number of carbonyl (C=O) groups excluding carboxylic acids is 1. The molecule has 1 aromatic carbocycles. The smallest absolute Gasteiger partial charge is 0.355 e. The first-order chi connectivity index (χ1) is 10.0. The third-order valence-corrected chi connectivity index (χ3v) is 4.61. The van der Waals surface area contributed by atoms with E-state index in [9.17, 15) is 10.1 Å². The van der Waals surface area contributed by atoms with Crippen LogP contribution in [0.1, 0.15) is 30.8 Å². The van der Waals surface area contributed by atoms with Crippen molar-refractivity contribution in [2.24, 2.45) is 5.92 Å². The molecule has 2 aromatic rings. The molecule has 5 heteroatoms. The van der Waals surface area contributed by atoms with Crippen LogP contribution in [-0.2, 0) is 10.3 Å². The third kappa shape index (κ3) is 2.06. The van der Waals surface area contributed by atoms with Gasteiger partial charge in [0, 0.05) is 9.86 Å². The van der Waals surface area contributed by atoms with Crippen molar-refractivity contribution in [3.05, 3.63) is 34.4 Å². The molecule has 0 unspecified atom stereocenters. The number of benzene rings is 1. The van der Waals surface area contributed by atoms with Crippen molar-refractivity contribution in [1.82, 2.24) is 4.57 Å². The van der Waals surface area contributed by atoms with Gasteiger partial charge in [0.1, 0.15) is 11.2 Å². The zero-order valence-electron chi connectivity index (χ0n) is 11.9. The van der Waals surface area contributed by atoms with E-state index in [0.29, 0.717) is 12.3 Å². The number of halogens is 1. The molecule has 0 amide bonds. The molecular formula is C16H15BrN2O2. The van der Waals surface area contributed by atoms with E-state index in [1.807, 2.05) is 35.8 Å². The topological polar surface area (TPSA) is 55.0 Å². The second-order valence-corrected chi connectivity index (χ2v) is 6.35. The number of ether oxygens (including phenoxy) is 1. The number of hydrogen-bond acceptors (Lipinski definition) is 3. The van der Waals surface area contributed by atoms with Crippen LogP contribution in [0.15, 0.2) is 28.7 Å². The zero-order valence-corrected chi connectivity index (χ0v) is 13.5. The van der Waals surface area contributed by atoms with Gasteiger partial charge in [0.2, 0.25) is 0 Å². The number of nitrogens with zero attached hydrogens (tertiary/aromatic N) is 2. The quantitative estimate of drug-likeness (QED) is 0.793. The molecule has 1 aliphatic rings. The van der Waals surface area contributed by atoms with Crippen LogP contribution in [0, 0.1) is 17.2 Å². The van der Waals surface area contributed by atoms with E-state index in [-0.39, 0.29) is 11.9 Å². The van der Waals surface area contributed by atoms with Gasteiger partial charge in [0.05, 0.1) is 18.2 Å². The lowest BCUT2D eigenvalue weighted by Crippen LogP contribution is -2.23. The molecule has 0 N–H and O–H groups in total. The van der Waals surface area contributed by atoms with Crippen LogP contribution in [0.25, 0.3) is 10.9 Å². The van der Waals surface area contributed by atoms with Gasteiger partial charge >= 0.3 is 5.97 Å². The van der Waals surface area contributed by atoms with Crippen LogP contribution in [0.4, 0.5) is 0 Å². The number of aromatic nitrogens is 1. The Hall–Kier alpha value is -1.80. The Balaban J connectivity index is 2.27. The Bertz CT molecular complexity index is 774. The van der Waals surface area contributed by atoms with E-state index < -0.39 is 5.54 Å². The maximum Gasteiger partial charge on any atom is 0.355 e. The molecule has 1 fully saturated rings. The Morgan fingerprint density at radius 3 is 2.86 bits per heavy atom. The molecular weight excluding hydrogens is 332 g/mol. The predicted molar refractivity (Wildman–Crippen MR) is 83.0 cm³/mol. The highest BCUT2D eigenvalue weighted by molar-refractivity contribution is 9.10. The number of nitriles is 1. The molecule has 0 spiro atoms. The molecule has 3 rings (SSSR count). The molecule has 2 atom stereocenters. The summed E-state index contributed by atoms with van der Waals surface area (Å²) in [6.07, 6.45) is 0.760. The number of carbonyl (C=O) groups is 1. The van der Waals surface area contributed by atoms with Crippen molar-refractivity contribution in [2.45, 2.75) is 25.8 Å². The molecule has 4 nitrogen and oxygen atoms in total.